The van der Waals surface area contributed by atoms with Crippen LogP contribution >= 0.6 is 11.3 Å². The maximum Gasteiger partial charge on any atom is 0.257 e. The second kappa shape index (κ2) is 7.93. The molecule has 8 heteroatoms. The molecule has 7 nitrogen and oxygen atoms in total. The normalized spacial score (nSPS) is 13.0. The molecule has 0 saturated heterocycles. The first kappa shape index (κ1) is 18.4. The number of rotatable bonds is 5. The fraction of sp³-hybridized carbons (Fsp3) is 0.300. The SMILES string of the molecule is Cc1cc(CNC(=O)c2c(NC(=O)c3cccnc3)sc3c2CCCC3)no1. The van der Waals surface area contributed by atoms with E-state index < -0.39 is 0 Å². The molecule has 4 rings (SSSR count). The van der Waals surface area contributed by atoms with Gasteiger partial charge in [-0.2, -0.15) is 0 Å². The zero-order valence-corrected chi connectivity index (χ0v) is 16.3. The van der Waals surface area contributed by atoms with Gasteiger partial charge >= 0.3 is 0 Å². The van der Waals surface area contributed by atoms with Crippen LogP contribution in [0.5, 0.6) is 0 Å². The molecular formula is C20H20N4O3S. The minimum atomic E-state index is -0.270. The molecular weight excluding hydrogens is 376 g/mol. The summed E-state index contributed by atoms with van der Waals surface area (Å²) < 4.78 is 5.04. The third-order valence-electron chi connectivity index (χ3n) is 4.66. The Morgan fingerprint density at radius 2 is 2.11 bits per heavy atom. The Balaban J connectivity index is 1.58. The highest BCUT2D eigenvalue weighted by molar-refractivity contribution is 7.17. The molecule has 0 aromatic carbocycles. The predicted molar refractivity (Wildman–Crippen MR) is 106 cm³/mol. The number of carbonyl (C=O) groups is 2. The van der Waals surface area contributed by atoms with Gasteiger partial charge in [-0.1, -0.05) is 5.16 Å². The molecule has 0 aliphatic heterocycles. The maximum absolute atomic E-state index is 13.0. The number of anilines is 1. The van der Waals surface area contributed by atoms with Crippen molar-refractivity contribution in [3.05, 3.63) is 63.6 Å². The van der Waals surface area contributed by atoms with Crippen LogP contribution in [0.3, 0.4) is 0 Å². The van der Waals surface area contributed by atoms with Crippen molar-refractivity contribution in [3.8, 4) is 0 Å². The average molecular weight is 396 g/mol. The summed E-state index contributed by atoms with van der Waals surface area (Å²) in [6, 6.07) is 5.19. The number of amides is 2. The summed E-state index contributed by atoms with van der Waals surface area (Å²) >= 11 is 1.49. The molecule has 2 amide bonds. The maximum atomic E-state index is 13.0. The van der Waals surface area contributed by atoms with Crippen molar-refractivity contribution >= 4 is 28.2 Å². The van der Waals surface area contributed by atoms with E-state index in [1.165, 1.54) is 22.4 Å². The molecule has 3 heterocycles. The molecule has 2 N–H and O–H groups in total. The zero-order chi connectivity index (χ0) is 19.5. The van der Waals surface area contributed by atoms with Gasteiger partial charge in [0, 0.05) is 23.3 Å². The molecule has 0 saturated carbocycles. The smallest absolute Gasteiger partial charge is 0.257 e. The van der Waals surface area contributed by atoms with Crippen molar-refractivity contribution in [2.75, 3.05) is 5.32 Å². The zero-order valence-electron chi connectivity index (χ0n) is 15.4. The van der Waals surface area contributed by atoms with E-state index in [1.807, 2.05) is 0 Å². The number of aryl methyl sites for hydroxylation is 2. The minimum absolute atomic E-state index is 0.207. The Labute approximate surface area is 166 Å². The van der Waals surface area contributed by atoms with Gasteiger partial charge in [-0.15, -0.1) is 11.3 Å². The average Bonchev–Trinajstić information content (AvgIpc) is 3.29. The summed E-state index contributed by atoms with van der Waals surface area (Å²) in [5.74, 6) is 0.219. The number of fused-ring (bicyclic) bond motifs is 1. The summed E-state index contributed by atoms with van der Waals surface area (Å²) in [6.07, 6.45) is 7.05. The lowest BCUT2D eigenvalue weighted by atomic mass is 9.95. The fourth-order valence-electron chi connectivity index (χ4n) is 3.33. The summed E-state index contributed by atoms with van der Waals surface area (Å²) in [5.41, 5.74) is 2.73. The summed E-state index contributed by atoms with van der Waals surface area (Å²) in [7, 11) is 0. The Bertz CT molecular complexity index is 1010. The third-order valence-corrected chi connectivity index (χ3v) is 5.86. The largest absolute Gasteiger partial charge is 0.361 e. The van der Waals surface area contributed by atoms with Crippen molar-refractivity contribution in [2.24, 2.45) is 0 Å². The van der Waals surface area contributed by atoms with Gasteiger partial charge < -0.3 is 15.2 Å². The van der Waals surface area contributed by atoms with Crippen LogP contribution < -0.4 is 10.6 Å². The summed E-state index contributed by atoms with van der Waals surface area (Å²) in [5, 5.41) is 10.3. The molecule has 28 heavy (non-hydrogen) atoms. The van der Waals surface area contributed by atoms with Crippen molar-refractivity contribution < 1.29 is 14.1 Å². The van der Waals surface area contributed by atoms with Crippen LogP contribution in [0, 0.1) is 6.92 Å². The van der Waals surface area contributed by atoms with E-state index in [4.69, 9.17) is 4.52 Å². The molecule has 3 aromatic rings. The monoisotopic (exact) mass is 396 g/mol. The van der Waals surface area contributed by atoms with E-state index in [1.54, 1.807) is 31.3 Å². The molecule has 0 fully saturated rings. The minimum Gasteiger partial charge on any atom is -0.361 e. The van der Waals surface area contributed by atoms with Gasteiger partial charge in [-0.05, 0) is 50.3 Å². The molecule has 3 aromatic heterocycles. The number of thiophene rings is 1. The number of nitrogens with one attached hydrogen (secondary N) is 2. The molecule has 1 aliphatic rings. The molecule has 0 atom stereocenters. The number of hydrogen-bond donors (Lipinski definition) is 2. The van der Waals surface area contributed by atoms with Crippen LogP contribution in [-0.4, -0.2) is 22.0 Å². The van der Waals surface area contributed by atoms with Gasteiger partial charge in [-0.25, -0.2) is 0 Å². The van der Waals surface area contributed by atoms with Crippen LogP contribution in [0.1, 0.15) is 55.5 Å². The second-order valence-corrected chi connectivity index (χ2v) is 7.83. The number of pyridine rings is 1. The quantitative estimate of drug-likeness (QED) is 0.688. The van der Waals surface area contributed by atoms with E-state index >= 15 is 0 Å². The van der Waals surface area contributed by atoms with E-state index in [2.05, 4.69) is 20.8 Å². The summed E-state index contributed by atoms with van der Waals surface area (Å²) in [6.45, 7) is 2.08. The molecule has 0 bridgehead atoms. The number of hydrogen-bond acceptors (Lipinski definition) is 6. The van der Waals surface area contributed by atoms with Crippen molar-refractivity contribution in [3.63, 3.8) is 0 Å². The predicted octanol–water partition coefficient (Wildman–Crippen LogP) is 3.50. The third kappa shape index (κ3) is 3.82. The lowest BCUT2D eigenvalue weighted by Gasteiger charge is -2.13. The van der Waals surface area contributed by atoms with Crippen molar-refractivity contribution in [2.45, 2.75) is 39.2 Å². The van der Waals surface area contributed by atoms with Crippen LogP contribution in [-0.2, 0) is 19.4 Å². The van der Waals surface area contributed by atoms with E-state index in [0.717, 1.165) is 31.2 Å². The second-order valence-electron chi connectivity index (χ2n) is 6.72. The molecule has 0 unspecified atom stereocenters. The highest BCUT2D eigenvalue weighted by Crippen LogP contribution is 2.38. The first-order valence-corrected chi connectivity index (χ1v) is 10.00. The summed E-state index contributed by atoms with van der Waals surface area (Å²) in [4.78, 5) is 30.7. The van der Waals surface area contributed by atoms with E-state index in [-0.39, 0.29) is 18.4 Å². The fourth-order valence-corrected chi connectivity index (χ4v) is 4.61. The van der Waals surface area contributed by atoms with E-state index in [9.17, 15) is 9.59 Å². The highest BCUT2D eigenvalue weighted by atomic mass is 32.1. The van der Waals surface area contributed by atoms with Crippen LogP contribution in [0.25, 0.3) is 0 Å². The topological polar surface area (TPSA) is 97.1 Å². The lowest BCUT2D eigenvalue weighted by molar-refractivity contribution is 0.0950. The van der Waals surface area contributed by atoms with Gasteiger partial charge in [0.15, 0.2) is 0 Å². The van der Waals surface area contributed by atoms with Crippen LogP contribution in [0.2, 0.25) is 0 Å². The van der Waals surface area contributed by atoms with E-state index in [0.29, 0.717) is 27.6 Å². The standard InChI is InChI=1S/C20H20N4O3S/c1-12-9-14(24-27-12)11-22-19(26)17-15-6-2-3-7-16(15)28-20(17)23-18(25)13-5-4-8-21-10-13/h4-5,8-10H,2-3,6-7,11H2,1H3,(H,22,26)(H,23,25). The van der Waals surface area contributed by atoms with Crippen LogP contribution in [0.4, 0.5) is 5.00 Å². The van der Waals surface area contributed by atoms with Crippen molar-refractivity contribution in [1.82, 2.24) is 15.5 Å². The lowest BCUT2D eigenvalue weighted by Crippen LogP contribution is -2.25. The molecule has 0 spiro atoms. The molecule has 144 valence electrons. The first-order valence-electron chi connectivity index (χ1n) is 9.18. The van der Waals surface area contributed by atoms with Crippen molar-refractivity contribution in [1.29, 1.82) is 0 Å². The highest BCUT2D eigenvalue weighted by Gasteiger charge is 2.26. The van der Waals surface area contributed by atoms with Crippen LogP contribution in [0.15, 0.2) is 35.1 Å². The Hall–Kier alpha value is -3.00. The van der Waals surface area contributed by atoms with Gasteiger partial charge in [0.2, 0.25) is 0 Å². The van der Waals surface area contributed by atoms with Gasteiger partial charge in [0.25, 0.3) is 11.8 Å². The molecule has 1 aliphatic carbocycles. The Kier molecular flexibility index (Phi) is 5.21. The number of nitrogens with zero attached hydrogens (tertiary/aromatic N) is 2. The van der Waals surface area contributed by atoms with Gasteiger partial charge in [-0.3, -0.25) is 14.6 Å². The Morgan fingerprint density at radius 3 is 2.86 bits per heavy atom. The van der Waals surface area contributed by atoms with Gasteiger partial charge in [0.1, 0.15) is 16.5 Å². The van der Waals surface area contributed by atoms with Gasteiger partial charge in [0.05, 0.1) is 17.7 Å². The molecule has 0 radical (unpaired) electrons. The first-order chi connectivity index (χ1) is 13.6. The number of carbonyl (C=O) groups excluding carboxylic acids is 2. The Morgan fingerprint density at radius 1 is 1.25 bits per heavy atom. The number of aromatic nitrogens is 2.